The Labute approximate surface area is 64.7 Å². The lowest BCUT2D eigenvalue weighted by atomic mass is 10.1. The summed E-state index contributed by atoms with van der Waals surface area (Å²) >= 11 is 0. The van der Waals surface area contributed by atoms with E-state index in [1.165, 1.54) is 13.1 Å². The van der Waals surface area contributed by atoms with Crippen molar-refractivity contribution < 1.29 is 9.90 Å². The molecule has 1 unspecified atom stereocenters. The number of nitrogens with zero attached hydrogens (tertiary/aromatic N) is 1. The second kappa shape index (κ2) is 3.25. The van der Waals surface area contributed by atoms with Crippen LogP contribution >= 0.6 is 0 Å². The van der Waals surface area contributed by atoms with Gasteiger partial charge in [-0.3, -0.25) is 9.78 Å². The van der Waals surface area contributed by atoms with Gasteiger partial charge in [-0.2, -0.15) is 0 Å². The minimum absolute atomic E-state index is 0.266. The van der Waals surface area contributed by atoms with Crippen molar-refractivity contribution in [2.24, 2.45) is 0 Å². The first-order valence-corrected chi connectivity index (χ1v) is 3.30. The third-order valence-electron chi connectivity index (χ3n) is 1.39. The number of aliphatic hydroxyl groups excluding tert-OH is 1. The van der Waals surface area contributed by atoms with Crippen LogP contribution in [-0.2, 0) is 4.79 Å². The quantitative estimate of drug-likeness (QED) is 0.677. The van der Waals surface area contributed by atoms with Gasteiger partial charge in [-0.25, -0.2) is 0 Å². The minimum atomic E-state index is -1.02. The minimum Gasteiger partial charge on any atom is -0.381 e. The number of ketones is 1. The highest BCUT2D eigenvalue weighted by Gasteiger charge is 2.11. The van der Waals surface area contributed by atoms with E-state index in [1.807, 2.05) is 0 Å². The fourth-order valence-electron chi connectivity index (χ4n) is 0.772. The molecule has 1 rings (SSSR count). The summed E-state index contributed by atoms with van der Waals surface area (Å²) in [5.41, 5.74) is 0.542. The van der Waals surface area contributed by atoms with Crippen LogP contribution in [-0.4, -0.2) is 15.9 Å². The monoisotopic (exact) mass is 151 g/mol. The summed E-state index contributed by atoms with van der Waals surface area (Å²) in [7, 11) is 0. The molecule has 0 saturated heterocycles. The Kier molecular flexibility index (Phi) is 2.33. The summed E-state index contributed by atoms with van der Waals surface area (Å²) < 4.78 is 0. The molecule has 1 N–H and O–H groups in total. The number of pyridine rings is 1. The van der Waals surface area contributed by atoms with Crippen LogP contribution < -0.4 is 0 Å². The molecule has 1 heterocycles. The van der Waals surface area contributed by atoms with Gasteiger partial charge >= 0.3 is 0 Å². The van der Waals surface area contributed by atoms with E-state index in [0.717, 1.165) is 0 Å². The normalized spacial score (nSPS) is 12.5. The Bertz CT molecular complexity index is 246. The zero-order chi connectivity index (χ0) is 8.27. The van der Waals surface area contributed by atoms with Crippen LogP contribution in [0.5, 0.6) is 0 Å². The van der Waals surface area contributed by atoms with E-state index in [2.05, 4.69) is 4.98 Å². The van der Waals surface area contributed by atoms with Gasteiger partial charge in [0.05, 0.1) is 0 Å². The van der Waals surface area contributed by atoms with Crippen molar-refractivity contribution in [1.29, 1.82) is 0 Å². The van der Waals surface area contributed by atoms with Gasteiger partial charge in [0.25, 0.3) is 0 Å². The molecule has 0 radical (unpaired) electrons. The summed E-state index contributed by atoms with van der Waals surface area (Å²) in [4.78, 5) is 14.4. The van der Waals surface area contributed by atoms with E-state index in [9.17, 15) is 9.90 Å². The van der Waals surface area contributed by atoms with Crippen molar-refractivity contribution in [2.75, 3.05) is 0 Å². The van der Waals surface area contributed by atoms with Gasteiger partial charge in [0.1, 0.15) is 6.10 Å². The fourth-order valence-corrected chi connectivity index (χ4v) is 0.772. The molecule has 1 aromatic heterocycles. The molecule has 0 aliphatic heterocycles. The van der Waals surface area contributed by atoms with Crippen molar-refractivity contribution in [1.82, 2.24) is 4.98 Å². The number of hydrogen-bond acceptors (Lipinski definition) is 3. The average Bonchev–Trinajstić information content (AvgIpc) is 2.05. The fraction of sp³-hybridized carbons (Fsp3) is 0.250. The summed E-state index contributed by atoms with van der Waals surface area (Å²) in [5.74, 6) is -0.266. The number of carbonyl (C=O) groups is 1. The van der Waals surface area contributed by atoms with Crippen LogP contribution in [0.4, 0.5) is 0 Å². The van der Waals surface area contributed by atoms with Crippen LogP contribution in [0, 0.1) is 0 Å². The van der Waals surface area contributed by atoms with Crippen molar-refractivity contribution in [3.8, 4) is 0 Å². The van der Waals surface area contributed by atoms with Gasteiger partial charge < -0.3 is 5.11 Å². The Morgan fingerprint density at radius 3 is 2.91 bits per heavy atom. The van der Waals surface area contributed by atoms with Gasteiger partial charge in [-0.15, -0.1) is 0 Å². The number of carbonyl (C=O) groups excluding carboxylic acids is 1. The first-order valence-electron chi connectivity index (χ1n) is 3.30. The molecule has 11 heavy (non-hydrogen) atoms. The highest BCUT2D eigenvalue weighted by atomic mass is 16.3. The molecule has 0 bridgehead atoms. The lowest BCUT2D eigenvalue weighted by Gasteiger charge is -2.04. The molecular weight excluding hydrogens is 142 g/mol. The topological polar surface area (TPSA) is 50.2 Å². The molecule has 1 aromatic rings. The lowest BCUT2D eigenvalue weighted by molar-refractivity contribution is -0.125. The van der Waals surface area contributed by atoms with Crippen LogP contribution in [0.25, 0.3) is 0 Å². The molecular formula is C8H9NO2. The van der Waals surface area contributed by atoms with E-state index in [1.54, 1.807) is 18.3 Å². The number of hydrogen-bond donors (Lipinski definition) is 1. The predicted molar refractivity (Wildman–Crippen MR) is 39.9 cm³/mol. The van der Waals surface area contributed by atoms with E-state index in [-0.39, 0.29) is 5.78 Å². The zero-order valence-electron chi connectivity index (χ0n) is 6.19. The van der Waals surface area contributed by atoms with Crippen molar-refractivity contribution >= 4 is 5.78 Å². The molecule has 1 atom stereocenters. The highest BCUT2D eigenvalue weighted by molar-refractivity contribution is 5.81. The standard InChI is InChI=1S/C8H9NO2/c1-6(10)8(11)7-3-2-4-9-5-7/h2-5,8,11H,1H3. The molecule has 0 amide bonds. The number of aromatic nitrogens is 1. The lowest BCUT2D eigenvalue weighted by Crippen LogP contribution is -2.07. The van der Waals surface area contributed by atoms with Crippen LogP contribution in [0.1, 0.15) is 18.6 Å². The van der Waals surface area contributed by atoms with Gasteiger partial charge in [0.2, 0.25) is 0 Å². The smallest absolute Gasteiger partial charge is 0.162 e. The summed E-state index contributed by atoms with van der Waals surface area (Å²) in [5, 5.41) is 9.21. The van der Waals surface area contributed by atoms with Crippen LogP contribution in [0.2, 0.25) is 0 Å². The largest absolute Gasteiger partial charge is 0.381 e. The van der Waals surface area contributed by atoms with Crippen LogP contribution in [0.3, 0.4) is 0 Å². The SMILES string of the molecule is CC(=O)C(O)c1cccnc1. The summed E-state index contributed by atoms with van der Waals surface area (Å²) in [6.07, 6.45) is 2.05. The van der Waals surface area contributed by atoms with E-state index in [0.29, 0.717) is 5.56 Å². The molecule has 58 valence electrons. The summed E-state index contributed by atoms with van der Waals surface area (Å²) in [6.45, 7) is 1.34. The summed E-state index contributed by atoms with van der Waals surface area (Å²) in [6, 6.07) is 3.35. The van der Waals surface area contributed by atoms with Crippen LogP contribution in [0.15, 0.2) is 24.5 Å². The molecule has 0 aromatic carbocycles. The number of Topliss-reactive ketones (excluding diaryl/α,β-unsaturated/α-hetero) is 1. The van der Waals surface area contributed by atoms with Crippen molar-refractivity contribution in [3.05, 3.63) is 30.1 Å². The Hall–Kier alpha value is -1.22. The maximum absolute atomic E-state index is 10.7. The third kappa shape index (κ3) is 1.85. The zero-order valence-corrected chi connectivity index (χ0v) is 6.19. The highest BCUT2D eigenvalue weighted by Crippen LogP contribution is 2.10. The van der Waals surface area contributed by atoms with E-state index >= 15 is 0 Å². The van der Waals surface area contributed by atoms with E-state index in [4.69, 9.17) is 0 Å². The molecule has 0 saturated carbocycles. The van der Waals surface area contributed by atoms with Crippen molar-refractivity contribution in [3.63, 3.8) is 0 Å². The van der Waals surface area contributed by atoms with Gasteiger partial charge in [0, 0.05) is 18.0 Å². The molecule has 0 aliphatic rings. The van der Waals surface area contributed by atoms with Crippen molar-refractivity contribution in [2.45, 2.75) is 13.0 Å². The number of rotatable bonds is 2. The maximum Gasteiger partial charge on any atom is 0.162 e. The first kappa shape index (κ1) is 7.88. The van der Waals surface area contributed by atoms with Gasteiger partial charge in [-0.1, -0.05) is 6.07 Å². The average molecular weight is 151 g/mol. The molecule has 3 heteroatoms. The second-order valence-electron chi connectivity index (χ2n) is 2.30. The van der Waals surface area contributed by atoms with Gasteiger partial charge in [0.15, 0.2) is 5.78 Å². The Morgan fingerprint density at radius 1 is 1.73 bits per heavy atom. The Morgan fingerprint density at radius 2 is 2.45 bits per heavy atom. The molecule has 3 nitrogen and oxygen atoms in total. The molecule has 0 aliphatic carbocycles. The molecule has 0 spiro atoms. The second-order valence-corrected chi connectivity index (χ2v) is 2.30. The predicted octanol–water partition coefficient (Wildman–Crippen LogP) is 0.704. The van der Waals surface area contributed by atoms with E-state index < -0.39 is 6.10 Å². The Balaban J connectivity index is 2.85. The van der Waals surface area contributed by atoms with Gasteiger partial charge in [-0.05, 0) is 13.0 Å². The maximum atomic E-state index is 10.7. The number of aliphatic hydroxyl groups is 1. The third-order valence-corrected chi connectivity index (χ3v) is 1.39. The first-order chi connectivity index (χ1) is 5.22. The molecule has 0 fully saturated rings.